The molecule has 0 bridgehead atoms. The Morgan fingerprint density at radius 2 is 1.78 bits per heavy atom. The standard InChI is InChI=1S/C20H22BNO5/c1-20(2,3)27-19(23)17-16-14(22-18(17)21(24)25)10-7-11-15(16)26-12-13-8-5-4-6-9-13/h4-11,22,24-25H,12H2,1-3H3. The molecule has 0 aliphatic rings. The monoisotopic (exact) mass is 367 g/mol. The fourth-order valence-corrected chi connectivity index (χ4v) is 2.83. The molecule has 0 amide bonds. The number of hydrogen-bond acceptors (Lipinski definition) is 5. The Kier molecular flexibility index (Phi) is 5.25. The van der Waals surface area contributed by atoms with Crippen LogP contribution < -0.4 is 10.3 Å². The van der Waals surface area contributed by atoms with Crippen molar-refractivity contribution in [3.8, 4) is 5.75 Å². The first-order valence-electron chi connectivity index (χ1n) is 8.67. The summed E-state index contributed by atoms with van der Waals surface area (Å²) in [5.74, 6) is -0.187. The smallest absolute Gasteiger partial charge is 0.488 e. The lowest BCUT2D eigenvalue weighted by molar-refractivity contribution is 0.00726. The zero-order valence-corrected chi connectivity index (χ0v) is 15.5. The van der Waals surface area contributed by atoms with E-state index in [1.165, 1.54) is 0 Å². The van der Waals surface area contributed by atoms with Gasteiger partial charge < -0.3 is 24.5 Å². The Labute approximate surface area is 157 Å². The molecular formula is C20H22BNO5. The van der Waals surface area contributed by atoms with Crippen LogP contribution in [0, 0.1) is 0 Å². The summed E-state index contributed by atoms with van der Waals surface area (Å²) in [6.45, 7) is 5.57. The van der Waals surface area contributed by atoms with Gasteiger partial charge >= 0.3 is 13.1 Å². The fraction of sp³-hybridized carbons (Fsp3) is 0.250. The van der Waals surface area contributed by atoms with Gasteiger partial charge in [0, 0.05) is 5.52 Å². The van der Waals surface area contributed by atoms with Crippen LogP contribution in [0.25, 0.3) is 10.9 Å². The highest BCUT2D eigenvalue weighted by atomic mass is 16.6. The lowest BCUT2D eigenvalue weighted by atomic mass is 9.82. The number of esters is 1. The van der Waals surface area contributed by atoms with E-state index in [2.05, 4.69) is 4.98 Å². The summed E-state index contributed by atoms with van der Waals surface area (Å²) < 4.78 is 11.4. The number of ether oxygens (including phenoxy) is 2. The molecule has 2 aromatic carbocycles. The van der Waals surface area contributed by atoms with Gasteiger partial charge in [-0.05, 0) is 38.5 Å². The van der Waals surface area contributed by atoms with Crippen LogP contribution in [0.3, 0.4) is 0 Å². The highest BCUT2D eigenvalue weighted by Gasteiger charge is 2.31. The van der Waals surface area contributed by atoms with Crippen LogP contribution in [0.4, 0.5) is 0 Å². The summed E-state index contributed by atoms with van der Waals surface area (Å²) >= 11 is 0. The van der Waals surface area contributed by atoms with Crippen molar-refractivity contribution in [3.05, 3.63) is 59.7 Å². The number of rotatable bonds is 5. The van der Waals surface area contributed by atoms with Gasteiger partial charge in [-0.1, -0.05) is 36.4 Å². The van der Waals surface area contributed by atoms with Crippen molar-refractivity contribution in [2.45, 2.75) is 33.0 Å². The SMILES string of the molecule is CC(C)(C)OC(=O)c1c(B(O)O)[nH]c2cccc(OCc3ccccc3)c12. The van der Waals surface area contributed by atoms with Crippen molar-refractivity contribution in [1.29, 1.82) is 0 Å². The third-order valence-electron chi connectivity index (χ3n) is 3.91. The van der Waals surface area contributed by atoms with E-state index in [1.54, 1.807) is 39.0 Å². The molecule has 0 spiro atoms. The molecule has 6 nitrogen and oxygen atoms in total. The molecule has 140 valence electrons. The number of aromatic nitrogens is 1. The number of fused-ring (bicyclic) bond motifs is 1. The van der Waals surface area contributed by atoms with Crippen LogP contribution in [-0.2, 0) is 11.3 Å². The minimum Gasteiger partial charge on any atom is -0.488 e. The van der Waals surface area contributed by atoms with Crippen LogP contribution >= 0.6 is 0 Å². The molecule has 3 N–H and O–H groups in total. The molecule has 3 rings (SSSR count). The Balaban J connectivity index is 2.05. The molecule has 7 heteroatoms. The van der Waals surface area contributed by atoms with Crippen molar-refractivity contribution in [2.75, 3.05) is 0 Å². The molecule has 0 fully saturated rings. The third-order valence-corrected chi connectivity index (χ3v) is 3.91. The molecule has 3 aromatic rings. The second-order valence-electron chi connectivity index (χ2n) is 7.24. The molecule has 0 atom stereocenters. The zero-order chi connectivity index (χ0) is 19.6. The highest BCUT2D eigenvalue weighted by molar-refractivity contribution is 6.60. The Morgan fingerprint density at radius 1 is 1.07 bits per heavy atom. The number of benzene rings is 2. The van der Waals surface area contributed by atoms with Crippen LogP contribution in [0.5, 0.6) is 5.75 Å². The Hall–Kier alpha value is -2.77. The van der Waals surface area contributed by atoms with E-state index < -0.39 is 18.7 Å². The average molecular weight is 367 g/mol. The summed E-state index contributed by atoms with van der Waals surface area (Å²) in [7, 11) is -1.85. The van der Waals surface area contributed by atoms with Gasteiger partial charge in [-0.2, -0.15) is 0 Å². The summed E-state index contributed by atoms with van der Waals surface area (Å²) in [4.78, 5) is 15.7. The van der Waals surface area contributed by atoms with Crippen molar-refractivity contribution in [2.24, 2.45) is 0 Å². The maximum Gasteiger partial charge on any atom is 0.506 e. The Bertz CT molecular complexity index is 944. The first-order valence-corrected chi connectivity index (χ1v) is 8.67. The summed E-state index contributed by atoms with van der Waals surface area (Å²) in [6.07, 6.45) is 0. The topological polar surface area (TPSA) is 91.8 Å². The maximum absolute atomic E-state index is 12.8. The van der Waals surface area contributed by atoms with Gasteiger partial charge in [-0.25, -0.2) is 4.79 Å². The number of hydrogen-bond donors (Lipinski definition) is 3. The van der Waals surface area contributed by atoms with Crippen molar-refractivity contribution in [1.82, 2.24) is 4.98 Å². The fourth-order valence-electron chi connectivity index (χ4n) is 2.83. The Morgan fingerprint density at radius 3 is 2.41 bits per heavy atom. The molecular weight excluding hydrogens is 345 g/mol. The van der Waals surface area contributed by atoms with Gasteiger partial charge in [-0.15, -0.1) is 0 Å². The van der Waals surface area contributed by atoms with E-state index in [-0.39, 0.29) is 11.2 Å². The lowest BCUT2D eigenvalue weighted by Crippen LogP contribution is -2.37. The molecule has 27 heavy (non-hydrogen) atoms. The normalized spacial score (nSPS) is 11.4. The summed E-state index contributed by atoms with van der Waals surface area (Å²) in [5.41, 5.74) is 0.863. The van der Waals surface area contributed by atoms with E-state index >= 15 is 0 Å². The number of nitrogens with one attached hydrogen (secondary N) is 1. The van der Waals surface area contributed by atoms with E-state index in [1.807, 2.05) is 30.3 Å². The highest BCUT2D eigenvalue weighted by Crippen LogP contribution is 2.30. The molecule has 1 heterocycles. The first-order chi connectivity index (χ1) is 12.8. The molecule has 0 aliphatic carbocycles. The van der Waals surface area contributed by atoms with Crippen LogP contribution in [0.1, 0.15) is 36.7 Å². The molecule has 0 saturated carbocycles. The molecule has 0 aliphatic heterocycles. The minimum absolute atomic E-state index is 0.0185. The van der Waals surface area contributed by atoms with Gasteiger partial charge in [0.15, 0.2) is 0 Å². The number of aromatic amines is 1. The predicted molar refractivity (Wildman–Crippen MR) is 104 cm³/mol. The molecule has 0 radical (unpaired) electrons. The molecule has 0 saturated heterocycles. The average Bonchev–Trinajstić information content (AvgIpc) is 3.00. The van der Waals surface area contributed by atoms with Crippen LogP contribution in [0.15, 0.2) is 48.5 Å². The predicted octanol–water partition coefficient (Wildman–Crippen LogP) is 2.38. The maximum atomic E-state index is 12.8. The largest absolute Gasteiger partial charge is 0.506 e. The van der Waals surface area contributed by atoms with Gasteiger partial charge in [0.2, 0.25) is 0 Å². The molecule has 1 aromatic heterocycles. The van der Waals surface area contributed by atoms with Crippen molar-refractivity contribution >= 4 is 29.6 Å². The molecule has 0 unspecified atom stereocenters. The number of carbonyl (C=O) groups is 1. The summed E-state index contributed by atoms with van der Waals surface area (Å²) in [6, 6.07) is 14.9. The van der Waals surface area contributed by atoms with Gasteiger partial charge in [-0.3, -0.25) is 0 Å². The minimum atomic E-state index is -1.85. The van der Waals surface area contributed by atoms with Gasteiger partial charge in [0.1, 0.15) is 18.0 Å². The van der Waals surface area contributed by atoms with E-state index in [4.69, 9.17) is 9.47 Å². The van der Waals surface area contributed by atoms with E-state index in [9.17, 15) is 14.8 Å². The first kappa shape index (κ1) is 19.0. The van der Waals surface area contributed by atoms with Crippen LogP contribution in [0.2, 0.25) is 0 Å². The van der Waals surface area contributed by atoms with E-state index in [0.29, 0.717) is 23.3 Å². The second-order valence-corrected chi connectivity index (χ2v) is 7.24. The summed E-state index contributed by atoms with van der Waals surface area (Å²) in [5, 5.41) is 19.9. The van der Waals surface area contributed by atoms with E-state index in [0.717, 1.165) is 5.56 Å². The van der Waals surface area contributed by atoms with Crippen molar-refractivity contribution in [3.63, 3.8) is 0 Å². The lowest BCUT2D eigenvalue weighted by Gasteiger charge is -2.20. The van der Waals surface area contributed by atoms with Gasteiger partial charge in [0.25, 0.3) is 0 Å². The van der Waals surface area contributed by atoms with Crippen molar-refractivity contribution < 1.29 is 24.3 Å². The third kappa shape index (κ3) is 4.32. The number of carbonyl (C=O) groups excluding carboxylic acids is 1. The second kappa shape index (κ2) is 7.46. The number of H-pyrrole nitrogens is 1. The zero-order valence-electron chi connectivity index (χ0n) is 15.5. The van der Waals surface area contributed by atoms with Crippen LogP contribution in [-0.4, -0.2) is 33.7 Å². The van der Waals surface area contributed by atoms with Gasteiger partial charge in [0.05, 0.1) is 16.5 Å². The quantitative estimate of drug-likeness (QED) is 0.476.